The summed E-state index contributed by atoms with van der Waals surface area (Å²) >= 11 is 6.65. The molecule has 8 rings (SSSR count). The molecule has 0 aromatic heterocycles. The lowest BCUT2D eigenvalue weighted by Gasteiger charge is -2.35. The highest BCUT2D eigenvalue weighted by atomic mass is 35.5. The largest absolute Gasteiger partial charge is 0.310 e. The van der Waals surface area contributed by atoms with E-state index < -0.39 is 5.41 Å². The van der Waals surface area contributed by atoms with Crippen LogP contribution in [0, 0.1) is 0 Å². The predicted octanol–water partition coefficient (Wildman–Crippen LogP) is 11.8. The van der Waals surface area contributed by atoms with Crippen molar-refractivity contribution in [3.05, 3.63) is 209 Å². The molecule has 0 saturated heterocycles. The van der Waals surface area contributed by atoms with E-state index in [-0.39, 0.29) is 0 Å². The molecule has 0 N–H and O–H groups in total. The molecule has 0 atom stereocenters. The van der Waals surface area contributed by atoms with E-state index in [1.54, 1.807) is 0 Å². The van der Waals surface area contributed by atoms with Gasteiger partial charge in [-0.15, -0.1) is 0 Å². The van der Waals surface area contributed by atoms with Gasteiger partial charge in [-0.1, -0.05) is 157 Å². The molecule has 1 aliphatic rings. The molecule has 0 fully saturated rings. The number of halogens is 1. The van der Waals surface area contributed by atoms with Gasteiger partial charge >= 0.3 is 0 Å². The van der Waals surface area contributed by atoms with Gasteiger partial charge in [-0.25, -0.2) is 0 Å². The minimum atomic E-state index is -0.483. The van der Waals surface area contributed by atoms with E-state index in [4.69, 9.17) is 11.6 Å². The van der Waals surface area contributed by atoms with Crippen molar-refractivity contribution in [2.75, 3.05) is 4.90 Å². The molecule has 0 bridgehead atoms. The van der Waals surface area contributed by atoms with Crippen LogP contribution in [-0.4, -0.2) is 0 Å². The third-order valence-electron chi connectivity index (χ3n) is 9.00. The van der Waals surface area contributed by atoms with Gasteiger partial charge in [0, 0.05) is 22.0 Å². The SMILES string of the molecule is Clc1cccc(N(c2ccc3c(c2)C(c2ccccc2)(c2ccccc2)c2ccccc2-3)c2ccccc2-c2ccccc2)c1. The first-order valence-corrected chi connectivity index (χ1v) is 15.7. The molecule has 0 radical (unpaired) electrons. The lowest BCUT2D eigenvalue weighted by atomic mass is 9.67. The Kier molecular flexibility index (Phi) is 6.82. The minimum Gasteiger partial charge on any atom is -0.310 e. The van der Waals surface area contributed by atoms with E-state index in [1.807, 2.05) is 18.2 Å². The van der Waals surface area contributed by atoms with E-state index in [1.165, 1.54) is 33.4 Å². The van der Waals surface area contributed by atoms with Crippen LogP contribution in [0.5, 0.6) is 0 Å². The molecule has 0 unspecified atom stereocenters. The Morgan fingerprint density at radius 1 is 0.400 bits per heavy atom. The van der Waals surface area contributed by atoms with Crippen molar-refractivity contribution < 1.29 is 0 Å². The summed E-state index contributed by atoms with van der Waals surface area (Å²) in [5.74, 6) is 0. The molecule has 0 aliphatic heterocycles. The monoisotopic (exact) mass is 595 g/mol. The number of para-hydroxylation sites is 1. The van der Waals surface area contributed by atoms with Crippen LogP contribution < -0.4 is 4.90 Å². The Labute approximate surface area is 269 Å². The number of fused-ring (bicyclic) bond motifs is 3. The maximum Gasteiger partial charge on any atom is 0.0714 e. The highest BCUT2D eigenvalue weighted by molar-refractivity contribution is 6.30. The molecule has 45 heavy (non-hydrogen) atoms. The second-order valence-corrected chi connectivity index (χ2v) is 11.9. The summed E-state index contributed by atoms with van der Waals surface area (Å²) < 4.78 is 0. The van der Waals surface area contributed by atoms with Gasteiger partial charge < -0.3 is 4.90 Å². The highest BCUT2D eigenvalue weighted by Crippen LogP contribution is 2.57. The molecule has 1 aliphatic carbocycles. The topological polar surface area (TPSA) is 3.24 Å². The Morgan fingerprint density at radius 3 is 1.64 bits per heavy atom. The lowest BCUT2D eigenvalue weighted by Crippen LogP contribution is -2.28. The van der Waals surface area contributed by atoms with Gasteiger partial charge in [-0.05, 0) is 75.3 Å². The van der Waals surface area contributed by atoms with Gasteiger partial charge in [0.1, 0.15) is 0 Å². The Balaban J connectivity index is 1.44. The molecule has 7 aromatic rings. The van der Waals surface area contributed by atoms with E-state index >= 15 is 0 Å². The zero-order valence-corrected chi connectivity index (χ0v) is 25.4. The van der Waals surface area contributed by atoms with E-state index in [2.05, 4.69) is 169 Å². The van der Waals surface area contributed by atoms with Gasteiger partial charge in [0.05, 0.1) is 11.1 Å². The average molecular weight is 596 g/mol. The van der Waals surface area contributed by atoms with Crippen LogP contribution in [0.25, 0.3) is 22.3 Å². The van der Waals surface area contributed by atoms with Crippen molar-refractivity contribution in [3.63, 3.8) is 0 Å². The fourth-order valence-corrected chi connectivity index (χ4v) is 7.33. The van der Waals surface area contributed by atoms with Crippen molar-refractivity contribution in [1.82, 2.24) is 0 Å². The Morgan fingerprint density at radius 2 is 0.956 bits per heavy atom. The third kappa shape index (κ3) is 4.47. The molecule has 7 aromatic carbocycles. The first-order chi connectivity index (χ1) is 22.2. The van der Waals surface area contributed by atoms with Crippen LogP contribution in [0.1, 0.15) is 22.3 Å². The Bertz CT molecular complexity index is 2080. The van der Waals surface area contributed by atoms with Crippen molar-refractivity contribution in [2.45, 2.75) is 5.41 Å². The third-order valence-corrected chi connectivity index (χ3v) is 9.23. The molecular formula is C43H30ClN. The number of anilines is 3. The zero-order valence-electron chi connectivity index (χ0n) is 24.6. The number of hydrogen-bond donors (Lipinski definition) is 0. The summed E-state index contributed by atoms with van der Waals surface area (Å²) in [6, 6.07) is 65.1. The van der Waals surface area contributed by atoms with Gasteiger partial charge in [-0.2, -0.15) is 0 Å². The second-order valence-electron chi connectivity index (χ2n) is 11.5. The fraction of sp³-hybridized carbons (Fsp3) is 0.0233. The molecule has 214 valence electrons. The molecule has 2 heteroatoms. The van der Waals surface area contributed by atoms with Crippen LogP contribution in [0.15, 0.2) is 182 Å². The quantitative estimate of drug-likeness (QED) is 0.185. The van der Waals surface area contributed by atoms with E-state index in [0.29, 0.717) is 5.02 Å². The normalized spacial score (nSPS) is 12.7. The summed E-state index contributed by atoms with van der Waals surface area (Å²) in [7, 11) is 0. The number of nitrogens with zero attached hydrogens (tertiary/aromatic N) is 1. The molecular weight excluding hydrogens is 566 g/mol. The summed E-state index contributed by atoms with van der Waals surface area (Å²) in [6.07, 6.45) is 0. The van der Waals surface area contributed by atoms with Crippen LogP contribution in [0.3, 0.4) is 0 Å². The van der Waals surface area contributed by atoms with Gasteiger partial charge in [0.25, 0.3) is 0 Å². The average Bonchev–Trinajstić information content (AvgIpc) is 3.40. The van der Waals surface area contributed by atoms with E-state index in [9.17, 15) is 0 Å². The van der Waals surface area contributed by atoms with Gasteiger partial charge in [-0.3, -0.25) is 0 Å². The maximum atomic E-state index is 6.65. The second kappa shape index (κ2) is 11.3. The standard InChI is InChI=1S/C43H30ClN/c44-34-21-14-22-35(29-34)45(42-26-13-11-23-37(42)31-15-4-1-5-16-31)36-27-28-39-38-24-10-12-25-40(38)43(41(39)30-36,32-17-6-2-7-18-32)33-19-8-3-9-20-33/h1-30H. The highest BCUT2D eigenvalue weighted by Gasteiger charge is 2.46. The summed E-state index contributed by atoms with van der Waals surface area (Å²) in [5, 5.41) is 0.700. The van der Waals surface area contributed by atoms with Crippen molar-refractivity contribution in [3.8, 4) is 22.3 Å². The fourth-order valence-electron chi connectivity index (χ4n) is 7.14. The first-order valence-electron chi connectivity index (χ1n) is 15.3. The molecule has 1 nitrogen and oxygen atoms in total. The van der Waals surface area contributed by atoms with Crippen molar-refractivity contribution in [2.24, 2.45) is 0 Å². The Hall–Kier alpha value is -5.37. The predicted molar refractivity (Wildman–Crippen MR) is 189 cm³/mol. The summed E-state index contributed by atoms with van der Waals surface area (Å²) in [4.78, 5) is 2.35. The van der Waals surface area contributed by atoms with Crippen molar-refractivity contribution in [1.29, 1.82) is 0 Å². The maximum absolute atomic E-state index is 6.65. The number of hydrogen-bond acceptors (Lipinski definition) is 1. The van der Waals surface area contributed by atoms with Crippen LogP contribution in [-0.2, 0) is 5.41 Å². The van der Waals surface area contributed by atoms with Crippen molar-refractivity contribution >= 4 is 28.7 Å². The molecule has 0 amide bonds. The first kappa shape index (κ1) is 27.2. The lowest BCUT2D eigenvalue weighted by molar-refractivity contribution is 0.768. The van der Waals surface area contributed by atoms with Crippen LogP contribution >= 0.6 is 11.6 Å². The summed E-state index contributed by atoms with van der Waals surface area (Å²) in [5.41, 5.74) is 12.6. The smallest absolute Gasteiger partial charge is 0.0714 e. The van der Waals surface area contributed by atoms with Crippen LogP contribution in [0.4, 0.5) is 17.1 Å². The summed E-state index contributed by atoms with van der Waals surface area (Å²) in [6.45, 7) is 0. The molecule has 0 saturated carbocycles. The number of rotatable bonds is 6. The van der Waals surface area contributed by atoms with Gasteiger partial charge in [0.2, 0.25) is 0 Å². The van der Waals surface area contributed by atoms with E-state index in [0.717, 1.165) is 28.2 Å². The zero-order chi connectivity index (χ0) is 30.2. The number of benzene rings is 7. The molecule has 0 heterocycles. The van der Waals surface area contributed by atoms with Gasteiger partial charge in [0.15, 0.2) is 0 Å². The minimum absolute atomic E-state index is 0.483. The van der Waals surface area contributed by atoms with Crippen LogP contribution in [0.2, 0.25) is 5.02 Å². The molecule has 0 spiro atoms.